The molecule has 0 spiro atoms. The summed E-state index contributed by atoms with van der Waals surface area (Å²) >= 11 is 17.9. The van der Waals surface area contributed by atoms with Gasteiger partial charge in [0.05, 0.1) is 39.1 Å². The fourth-order valence-corrected chi connectivity index (χ4v) is 4.38. The van der Waals surface area contributed by atoms with E-state index in [-0.39, 0.29) is 22.2 Å². The summed E-state index contributed by atoms with van der Waals surface area (Å²) in [6.07, 6.45) is 1.61. The van der Waals surface area contributed by atoms with Crippen LogP contribution in [0.4, 0.5) is 11.4 Å². The van der Waals surface area contributed by atoms with E-state index in [1.165, 1.54) is 0 Å². The second-order valence-electron chi connectivity index (χ2n) is 6.90. The predicted octanol–water partition coefficient (Wildman–Crippen LogP) is 4.32. The lowest BCUT2D eigenvalue weighted by molar-refractivity contribution is 0.102. The molecule has 2 heterocycles. The number of aliphatic hydroxyl groups excluding tert-OH is 1. The number of rotatable bonds is 4. The molecule has 0 saturated carbocycles. The lowest BCUT2D eigenvalue weighted by atomic mass is 10.1. The maximum atomic E-state index is 12.9. The van der Waals surface area contributed by atoms with Crippen LogP contribution in [0.15, 0.2) is 42.6 Å². The predicted molar refractivity (Wildman–Crippen MR) is 125 cm³/mol. The molecule has 0 atom stereocenters. The molecule has 0 aliphatic carbocycles. The average Bonchev–Trinajstić information content (AvgIpc) is 3.05. The summed E-state index contributed by atoms with van der Waals surface area (Å²) in [5.41, 5.74) is 2.75. The number of nitrogens with one attached hydrogen (secondary N) is 1. The second kappa shape index (κ2) is 8.35. The van der Waals surface area contributed by atoms with Crippen LogP contribution in [0.3, 0.4) is 0 Å². The SMILES string of the molecule is CN1CCN(c2c(CO)cnc3c(NC(=O)c4c(Cl)cccc4Cl)cccc23)C1=S. The third-order valence-electron chi connectivity index (χ3n) is 5.04. The molecule has 0 radical (unpaired) electrons. The van der Waals surface area contributed by atoms with Crippen molar-refractivity contribution in [3.05, 3.63) is 63.8 Å². The average molecular weight is 461 g/mol. The molecule has 3 aromatic rings. The molecule has 154 valence electrons. The Bertz CT molecular complexity index is 1150. The van der Waals surface area contributed by atoms with Crippen LogP contribution >= 0.6 is 35.4 Å². The molecule has 2 N–H and O–H groups in total. The first-order valence-electron chi connectivity index (χ1n) is 9.21. The maximum Gasteiger partial charge on any atom is 0.258 e. The Kier molecular flexibility index (Phi) is 5.79. The van der Waals surface area contributed by atoms with Gasteiger partial charge in [-0.1, -0.05) is 41.4 Å². The molecule has 1 saturated heterocycles. The third kappa shape index (κ3) is 3.58. The van der Waals surface area contributed by atoms with Crippen molar-refractivity contribution in [3.8, 4) is 0 Å². The summed E-state index contributed by atoms with van der Waals surface area (Å²) in [5.74, 6) is -0.427. The Labute approximate surface area is 189 Å². The minimum absolute atomic E-state index is 0.174. The zero-order chi connectivity index (χ0) is 21.4. The van der Waals surface area contributed by atoms with Crippen molar-refractivity contribution in [2.24, 2.45) is 0 Å². The second-order valence-corrected chi connectivity index (χ2v) is 8.08. The van der Waals surface area contributed by atoms with Gasteiger partial charge in [0, 0.05) is 37.3 Å². The van der Waals surface area contributed by atoms with E-state index in [2.05, 4.69) is 10.3 Å². The van der Waals surface area contributed by atoms with Crippen LogP contribution in [-0.4, -0.2) is 46.1 Å². The van der Waals surface area contributed by atoms with E-state index in [9.17, 15) is 9.90 Å². The number of carbonyl (C=O) groups excluding carboxylic acids is 1. The number of para-hydroxylation sites is 1. The normalized spacial score (nSPS) is 13.9. The van der Waals surface area contributed by atoms with Gasteiger partial charge in [-0.15, -0.1) is 0 Å². The van der Waals surface area contributed by atoms with Crippen molar-refractivity contribution < 1.29 is 9.90 Å². The van der Waals surface area contributed by atoms with Crippen molar-refractivity contribution in [2.45, 2.75) is 6.61 Å². The number of nitrogens with zero attached hydrogens (tertiary/aromatic N) is 3. The molecule has 1 fully saturated rings. The Balaban J connectivity index is 1.81. The monoisotopic (exact) mass is 460 g/mol. The van der Waals surface area contributed by atoms with E-state index in [0.29, 0.717) is 28.4 Å². The molecule has 9 heteroatoms. The highest BCUT2D eigenvalue weighted by atomic mass is 35.5. The molecule has 1 aliphatic heterocycles. The van der Waals surface area contributed by atoms with Crippen LogP contribution in [0.1, 0.15) is 15.9 Å². The standard InChI is InChI=1S/C21H18Cl2N4O2S/c1-26-8-9-27(21(26)30)19-12(11-28)10-24-18-13(19)4-2-7-16(18)25-20(29)17-14(22)5-3-6-15(17)23/h2-7,10,28H,8-9,11H2,1H3,(H,25,29). The number of likely N-dealkylation sites (N-methyl/N-ethyl adjacent to an activating group) is 1. The van der Waals surface area contributed by atoms with Crippen molar-refractivity contribution in [3.63, 3.8) is 0 Å². The van der Waals surface area contributed by atoms with Gasteiger partial charge in [0.15, 0.2) is 5.11 Å². The Morgan fingerprint density at radius 3 is 2.53 bits per heavy atom. The van der Waals surface area contributed by atoms with Crippen molar-refractivity contribution >= 4 is 68.7 Å². The van der Waals surface area contributed by atoms with E-state index >= 15 is 0 Å². The lowest BCUT2D eigenvalue weighted by Crippen LogP contribution is -2.30. The number of aromatic nitrogens is 1. The van der Waals surface area contributed by atoms with Gasteiger partial charge in [0.1, 0.15) is 0 Å². The van der Waals surface area contributed by atoms with E-state index in [0.717, 1.165) is 17.6 Å². The number of thiocarbonyl (C=S) groups is 1. The molecule has 6 nitrogen and oxygen atoms in total. The summed E-state index contributed by atoms with van der Waals surface area (Å²) in [7, 11) is 1.93. The zero-order valence-electron chi connectivity index (χ0n) is 16.0. The first-order valence-corrected chi connectivity index (χ1v) is 10.4. The number of amides is 1. The number of benzene rings is 2. The fourth-order valence-electron chi connectivity index (χ4n) is 3.54. The number of hydrogen-bond donors (Lipinski definition) is 2. The smallest absolute Gasteiger partial charge is 0.258 e. The summed E-state index contributed by atoms with van der Waals surface area (Å²) < 4.78 is 0. The van der Waals surface area contributed by atoms with E-state index in [1.54, 1.807) is 30.5 Å². The number of aliphatic hydroxyl groups is 1. The van der Waals surface area contributed by atoms with Gasteiger partial charge in [0.2, 0.25) is 0 Å². The number of anilines is 2. The molecule has 1 aromatic heterocycles. The Morgan fingerprint density at radius 2 is 1.90 bits per heavy atom. The van der Waals surface area contributed by atoms with Gasteiger partial charge >= 0.3 is 0 Å². The first kappa shape index (κ1) is 20.8. The van der Waals surface area contributed by atoms with Gasteiger partial charge in [0.25, 0.3) is 5.91 Å². The van der Waals surface area contributed by atoms with E-state index in [4.69, 9.17) is 35.4 Å². The van der Waals surface area contributed by atoms with Gasteiger partial charge in [-0.2, -0.15) is 0 Å². The molecule has 1 amide bonds. The van der Waals surface area contributed by atoms with Crippen LogP contribution in [0.25, 0.3) is 10.9 Å². The highest BCUT2D eigenvalue weighted by Gasteiger charge is 2.27. The molecule has 30 heavy (non-hydrogen) atoms. The van der Waals surface area contributed by atoms with Crippen LogP contribution < -0.4 is 10.2 Å². The summed E-state index contributed by atoms with van der Waals surface area (Å²) in [4.78, 5) is 21.3. The lowest BCUT2D eigenvalue weighted by Gasteiger charge is -2.24. The zero-order valence-corrected chi connectivity index (χ0v) is 18.4. The molecular weight excluding hydrogens is 443 g/mol. The number of pyridine rings is 1. The van der Waals surface area contributed by atoms with Crippen LogP contribution in [0, 0.1) is 0 Å². The number of carbonyl (C=O) groups is 1. The van der Waals surface area contributed by atoms with Gasteiger partial charge in [-0.25, -0.2) is 0 Å². The maximum absolute atomic E-state index is 12.9. The van der Waals surface area contributed by atoms with Gasteiger partial charge in [-0.3, -0.25) is 9.78 Å². The quantitative estimate of drug-likeness (QED) is 0.564. The number of hydrogen-bond acceptors (Lipinski definition) is 4. The first-order chi connectivity index (χ1) is 14.4. The van der Waals surface area contributed by atoms with Crippen molar-refractivity contribution in [1.82, 2.24) is 9.88 Å². The van der Waals surface area contributed by atoms with E-state index < -0.39 is 5.91 Å². The minimum atomic E-state index is -0.427. The van der Waals surface area contributed by atoms with Crippen LogP contribution in [0.2, 0.25) is 10.0 Å². The molecular formula is C21H18Cl2N4O2S. The topological polar surface area (TPSA) is 68.7 Å². The molecule has 4 rings (SSSR count). The largest absolute Gasteiger partial charge is 0.392 e. The summed E-state index contributed by atoms with van der Waals surface area (Å²) in [6, 6.07) is 10.4. The van der Waals surface area contributed by atoms with Crippen LogP contribution in [0.5, 0.6) is 0 Å². The van der Waals surface area contributed by atoms with E-state index in [1.807, 2.05) is 29.0 Å². The Hall–Kier alpha value is -2.45. The van der Waals surface area contributed by atoms with Crippen molar-refractivity contribution in [2.75, 3.05) is 30.4 Å². The summed E-state index contributed by atoms with van der Waals surface area (Å²) in [5, 5.41) is 14.7. The van der Waals surface area contributed by atoms with Gasteiger partial charge in [-0.05, 0) is 30.4 Å². The molecule has 2 aromatic carbocycles. The van der Waals surface area contributed by atoms with Crippen LogP contribution in [-0.2, 0) is 6.61 Å². The Morgan fingerprint density at radius 1 is 1.20 bits per heavy atom. The minimum Gasteiger partial charge on any atom is -0.392 e. The molecule has 0 unspecified atom stereocenters. The number of fused-ring (bicyclic) bond motifs is 1. The third-order valence-corrected chi connectivity index (χ3v) is 6.20. The summed E-state index contributed by atoms with van der Waals surface area (Å²) in [6.45, 7) is 1.31. The van der Waals surface area contributed by atoms with Gasteiger partial charge < -0.3 is 20.2 Å². The molecule has 0 bridgehead atoms. The molecule has 1 aliphatic rings. The fraction of sp³-hybridized carbons (Fsp3) is 0.190. The number of halogens is 2. The highest BCUT2D eigenvalue weighted by molar-refractivity contribution is 7.80. The highest BCUT2D eigenvalue weighted by Crippen LogP contribution is 2.35. The van der Waals surface area contributed by atoms with Crippen molar-refractivity contribution in [1.29, 1.82) is 0 Å².